The maximum Gasteiger partial charge on any atom is 0.328 e. The molecule has 0 bridgehead atoms. The standard InChI is InChI=1S/C7H8O3/c1-6(4-5-8)2-3-7(9)10/h2-5H,1H3,(H,9,10)/b3-2+,6-4+. The number of allylic oxidation sites excluding steroid dienone is 3. The molecule has 3 heteroatoms. The number of carboxylic acid groups (broad SMARTS) is 1. The van der Waals surface area contributed by atoms with Crippen molar-refractivity contribution in [2.75, 3.05) is 0 Å². The number of aliphatic carboxylic acids is 1. The van der Waals surface area contributed by atoms with Crippen LogP contribution in [0.25, 0.3) is 0 Å². The Kier molecular flexibility index (Phi) is 3.87. The quantitative estimate of drug-likeness (QED) is 0.358. The van der Waals surface area contributed by atoms with Crippen LogP contribution in [0, 0.1) is 0 Å². The first-order valence-electron chi connectivity index (χ1n) is 2.70. The lowest BCUT2D eigenvalue weighted by Crippen LogP contribution is -1.85. The van der Waals surface area contributed by atoms with Crippen molar-refractivity contribution < 1.29 is 14.7 Å². The van der Waals surface area contributed by atoms with Crippen LogP contribution in [-0.2, 0) is 9.59 Å². The first kappa shape index (κ1) is 8.62. The summed E-state index contributed by atoms with van der Waals surface area (Å²) in [4.78, 5) is 19.7. The highest BCUT2D eigenvalue weighted by Crippen LogP contribution is 1.91. The van der Waals surface area contributed by atoms with Crippen LogP contribution in [0.5, 0.6) is 0 Å². The molecule has 1 N–H and O–H groups in total. The van der Waals surface area contributed by atoms with Crippen LogP contribution in [-0.4, -0.2) is 17.4 Å². The van der Waals surface area contributed by atoms with Gasteiger partial charge in [-0.15, -0.1) is 0 Å². The highest BCUT2D eigenvalue weighted by Gasteiger charge is 1.84. The Morgan fingerprint density at radius 3 is 2.40 bits per heavy atom. The van der Waals surface area contributed by atoms with E-state index in [1.54, 1.807) is 6.92 Å². The van der Waals surface area contributed by atoms with Gasteiger partial charge in [0.1, 0.15) is 6.29 Å². The fraction of sp³-hybridized carbons (Fsp3) is 0.143. The lowest BCUT2D eigenvalue weighted by molar-refractivity contribution is -0.131. The van der Waals surface area contributed by atoms with E-state index in [0.29, 0.717) is 11.9 Å². The predicted molar refractivity (Wildman–Crippen MR) is 36.6 cm³/mol. The molecule has 0 saturated carbocycles. The van der Waals surface area contributed by atoms with Crippen LogP contribution in [0.2, 0.25) is 0 Å². The molecule has 0 amide bonds. The third-order valence-electron chi connectivity index (χ3n) is 0.820. The van der Waals surface area contributed by atoms with Crippen LogP contribution < -0.4 is 0 Å². The summed E-state index contributed by atoms with van der Waals surface area (Å²) in [5.41, 5.74) is 0.623. The second-order valence-corrected chi connectivity index (χ2v) is 1.72. The number of hydrogen-bond donors (Lipinski definition) is 1. The largest absolute Gasteiger partial charge is 0.478 e. The average molecular weight is 140 g/mol. The van der Waals surface area contributed by atoms with Gasteiger partial charge in [0, 0.05) is 6.08 Å². The molecule has 54 valence electrons. The highest BCUT2D eigenvalue weighted by atomic mass is 16.4. The van der Waals surface area contributed by atoms with Crippen molar-refractivity contribution >= 4 is 12.3 Å². The Morgan fingerprint density at radius 1 is 1.40 bits per heavy atom. The van der Waals surface area contributed by atoms with Gasteiger partial charge in [0.25, 0.3) is 0 Å². The van der Waals surface area contributed by atoms with Crippen molar-refractivity contribution in [2.24, 2.45) is 0 Å². The molecule has 0 fully saturated rings. The highest BCUT2D eigenvalue weighted by molar-refractivity contribution is 5.80. The number of carbonyl (C=O) groups is 2. The van der Waals surface area contributed by atoms with E-state index in [-0.39, 0.29) is 0 Å². The summed E-state index contributed by atoms with van der Waals surface area (Å²) in [6.07, 6.45) is 4.24. The molecule has 10 heavy (non-hydrogen) atoms. The van der Waals surface area contributed by atoms with E-state index in [1.165, 1.54) is 12.2 Å². The zero-order valence-corrected chi connectivity index (χ0v) is 5.57. The van der Waals surface area contributed by atoms with Crippen molar-refractivity contribution in [3.05, 3.63) is 23.8 Å². The third-order valence-corrected chi connectivity index (χ3v) is 0.820. The van der Waals surface area contributed by atoms with Crippen LogP contribution in [0.3, 0.4) is 0 Å². The molecular weight excluding hydrogens is 132 g/mol. The molecule has 0 saturated heterocycles. The topological polar surface area (TPSA) is 54.4 Å². The Hall–Kier alpha value is -1.38. The monoisotopic (exact) mass is 140 g/mol. The molecular formula is C7H8O3. The maximum absolute atomic E-state index is 9.91. The second-order valence-electron chi connectivity index (χ2n) is 1.72. The zero-order chi connectivity index (χ0) is 7.98. The number of carboxylic acids is 1. The predicted octanol–water partition coefficient (Wildman–Crippen LogP) is 0.772. The maximum atomic E-state index is 9.91. The Morgan fingerprint density at radius 2 is 2.00 bits per heavy atom. The van der Waals surface area contributed by atoms with E-state index < -0.39 is 5.97 Å². The van der Waals surface area contributed by atoms with E-state index in [0.717, 1.165) is 6.08 Å². The summed E-state index contributed by atoms with van der Waals surface area (Å²) >= 11 is 0. The minimum absolute atomic E-state index is 0.613. The molecule has 0 aliphatic rings. The summed E-state index contributed by atoms with van der Waals surface area (Å²) in [6, 6.07) is 0. The number of rotatable bonds is 3. The van der Waals surface area contributed by atoms with Gasteiger partial charge in [-0.2, -0.15) is 0 Å². The molecule has 0 aliphatic carbocycles. The molecule has 0 radical (unpaired) electrons. The first-order valence-corrected chi connectivity index (χ1v) is 2.70. The van der Waals surface area contributed by atoms with Gasteiger partial charge in [0.2, 0.25) is 0 Å². The van der Waals surface area contributed by atoms with E-state index >= 15 is 0 Å². The van der Waals surface area contributed by atoms with Crippen LogP contribution in [0.4, 0.5) is 0 Å². The van der Waals surface area contributed by atoms with Crippen molar-refractivity contribution in [1.29, 1.82) is 0 Å². The third kappa shape index (κ3) is 4.77. The molecule has 0 unspecified atom stereocenters. The molecule has 0 aromatic heterocycles. The summed E-state index contributed by atoms with van der Waals surface area (Å²) in [6.45, 7) is 1.65. The smallest absolute Gasteiger partial charge is 0.328 e. The van der Waals surface area contributed by atoms with E-state index in [2.05, 4.69) is 0 Å². The van der Waals surface area contributed by atoms with Gasteiger partial charge in [-0.3, -0.25) is 4.79 Å². The molecule has 0 heterocycles. The molecule has 0 aromatic rings. The lowest BCUT2D eigenvalue weighted by atomic mass is 10.2. The van der Waals surface area contributed by atoms with Crippen molar-refractivity contribution in [2.45, 2.75) is 6.92 Å². The van der Waals surface area contributed by atoms with Gasteiger partial charge in [-0.1, -0.05) is 6.08 Å². The van der Waals surface area contributed by atoms with Crippen molar-refractivity contribution in [3.8, 4) is 0 Å². The van der Waals surface area contributed by atoms with Crippen molar-refractivity contribution in [1.82, 2.24) is 0 Å². The zero-order valence-electron chi connectivity index (χ0n) is 5.57. The van der Waals surface area contributed by atoms with Crippen LogP contribution in [0.1, 0.15) is 6.92 Å². The van der Waals surface area contributed by atoms with Gasteiger partial charge >= 0.3 is 5.97 Å². The average Bonchev–Trinajstić information content (AvgIpc) is 1.85. The molecule has 0 aliphatic heterocycles. The van der Waals surface area contributed by atoms with E-state index in [1.807, 2.05) is 0 Å². The van der Waals surface area contributed by atoms with Gasteiger partial charge in [-0.25, -0.2) is 4.79 Å². The summed E-state index contributed by atoms with van der Waals surface area (Å²) < 4.78 is 0. The number of aldehydes is 1. The lowest BCUT2D eigenvalue weighted by Gasteiger charge is -1.83. The van der Waals surface area contributed by atoms with Gasteiger partial charge < -0.3 is 5.11 Å². The molecule has 0 rings (SSSR count). The fourth-order valence-electron chi connectivity index (χ4n) is 0.366. The number of hydrogen-bond acceptors (Lipinski definition) is 2. The normalized spacial score (nSPS) is 11.9. The molecule has 0 spiro atoms. The Bertz CT molecular complexity index is 189. The Balaban J connectivity index is 4.01. The molecule has 3 nitrogen and oxygen atoms in total. The Labute approximate surface area is 58.7 Å². The van der Waals surface area contributed by atoms with E-state index in [4.69, 9.17) is 5.11 Å². The summed E-state index contributed by atoms with van der Waals surface area (Å²) in [5, 5.41) is 8.13. The van der Waals surface area contributed by atoms with Gasteiger partial charge in [0.15, 0.2) is 0 Å². The minimum Gasteiger partial charge on any atom is -0.478 e. The number of carbonyl (C=O) groups excluding carboxylic acids is 1. The summed E-state index contributed by atoms with van der Waals surface area (Å²) in [7, 11) is 0. The first-order chi connectivity index (χ1) is 4.66. The van der Waals surface area contributed by atoms with Gasteiger partial charge in [-0.05, 0) is 18.6 Å². The molecule has 0 aromatic carbocycles. The van der Waals surface area contributed by atoms with Crippen LogP contribution in [0.15, 0.2) is 23.8 Å². The van der Waals surface area contributed by atoms with E-state index in [9.17, 15) is 9.59 Å². The second kappa shape index (κ2) is 4.49. The van der Waals surface area contributed by atoms with Crippen LogP contribution >= 0.6 is 0 Å². The SMILES string of the molecule is CC(/C=C/C(=O)O)=C\C=O. The van der Waals surface area contributed by atoms with Gasteiger partial charge in [0.05, 0.1) is 0 Å². The fourth-order valence-corrected chi connectivity index (χ4v) is 0.366. The summed E-state index contributed by atoms with van der Waals surface area (Å²) in [5.74, 6) is -1.02. The molecule has 0 atom stereocenters. The van der Waals surface area contributed by atoms with Crippen molar-refractivity contribution in [3.63, 3.8) is 0 Å². The minimum atomic E-state index is -1.02.